The number of nitrogens with one attached hydrogen (secondary N) is 1. The molecule has 0 aliphatic rings. The van der Waals surface area contributed by atoms with E-state index in [0.29, 0.717) is 11.1 Å². The molecule has 0 atom stereocenters. The Kier molecular flexibility index (Phi) is 6.62. The summed E-state index contributed by atoms with van der Waals surface area (Å²) >= 11 is 5.68. The van der Waals surface area contributed by atoms with Crippen molar-refractivity contribution in [1.29, 1.82) is 0 Å². The molecule has 1 amide bonds. The van der Waals surface area contributed by atoms with E-state index in [1.807, 2.05) is 0 Å². The number of carbonyl (C=O) groups is 1. The van der Waals surface area contributed by atoms with Crippen LogP contribution in [0.25, 0.3) is 0 Å². The van der Waals surface area contributed by atoms with Crippen molar-refractivity contribution in [2.75, 3.05) is 14.2 Å². The van der Waals surface area contributed by atoms with Gasteiger partial charge < -0.3 is 14.9 Å². The van der Waals surface area contributed by atoms with Crippen LogP contribution in [-0.2, 0) is 22.4 Å². The highest BCUT2D eigenvalue weighted by Crippen LogP contribution is 2.36. The van der Waals surface area contributed by atoms with Crippen molar-refractivity contribution in [3.05, 3.63) is 58.2 Å². The van der Waals surface area contributed by atoms with Crippen LogP contribution in [0.3, 0.4) is 0 Å². The normalized spacial score (nSPS) is 11.9. The lowest BCUT2D eigenvalue weighted by Gasteiger charge is -2.15. The van der Waals surface area contributed by atoms with Crippen LogP contribution in [0.2, 0.25) is 5.15 Å². The predicted molar refractivity (Wildman–Crippen MR) is 92.6 cm³/mol. The first-order valence-electron chi connectivity index (χ1n) is 7.56. The number of pyridine rings is 1. The molecule has 0 aliphatic carbocycles. The zero-order valence-electron chi connectivity index (χ0n) is 14.3. The molecule has 0 bridgehead atoms. The molecule has 0 radical (unpaired) electrons. The summed E-state index contributed by atoms with van der Waals surface area (Å²) in [5.41, 5.74) is -0.350. The molecule has 27 heavy (non-hydrogen) atoms. The number of hydrogen-bond acceptors (Lipinski definition) is 5. The second-order valence-electron chi connectivity index (χ2n) is 5.13. The van der Waals surface area contributed by atoms with Crippen molar-refractivity contribution in [2.24, 2.45) is 5.16 Å². The van der Waals surface area contributed by atoms with Crippen LogP contribution in [0.4, 0.5) is 13.2 Å². The number of amides is 1. The molecule has 0 unspecified atom stereocenters. The van der Waals surface area contributed by atoms with Crippen molar-refractivity contribution in [2.45, 2.75) is 12.8 Å². The van der Waals surface area contributed by atoms with Crippen molar-refractivity contribution < 1.29 is 27.5 Å². The van der Waals surface area contributed by atoms with Crippen LogP contribution in [0.1, 0.15) is 16.7 Å². The molecule has 10 heteroatoms. The number of ether oxygens (including phenoxy) is 1. The maximum atomic E-state index is 13.1. The van der Waals surface area contributed by atoms with Gasteiger partial charge in [-0.25, -0.2) is 4.98 Å². The fourth-order valence-electron chi connectivity index (χ4n) is 2.19. The van der Waals surface area contributed by atoms with Crippen LogP contribution < -0.4 is 10.1 Å². The van der Waals surface area contributed by atoms with E-state index >= 15 is 0 Å². The summed E-state index contributed by atoms with van der Waals surface area (Å²) in [4.78, 5) is 20.3. The minimum Gasteiger partial charge on any atom is -0.472 e. The molecular weight excluding hydrogens is 387 g/mol. The van der Waals surface area contributed by atoms with Crippen molar-refractivity contribution in [1.82, 2.24) is 10.3 Å². The first-order chi connectivity index (χ1) is 12.8. The van der Waals surface area contributed by atoms with E-state index in [-0.39, 0.29) is 17.5 Å². The predicted octanol–water partition coefficient (Wildman–Crippen LogP) is 3.43. The number of rotatable bonds is 6. The highest BCUT2D eigenvalue weighted by molar-refractivity contribution is 6.45. The third-order valence-electron chi connectivity index (χ3n) is 3.39. The number of likely N-dealkylation sites (N-methyl/N-ethyl adjacent to an activating group) is 1. The van der Waals surface area contributed by atoms with E-state index in [4.69, 9.17) is 16.3 Å². The molecule has 2 rings (SSSR count). The lowest BCUT2D eigenvalue weighted by atomic mass is 10.0. The molecular formula is C17H15ClF3N3O3. The van der Waals surface area contributed by atoms with E-state index in [0.717, 1.165) is 12.1 Å². The van der Waals surface area contributed by atoms with Gasteiger partial charge in [0.2, 0.25) is 5.88 Å². The Bertz CT molecular complexity index is 857. The van der Waals surface area contributed by atoms with Crippen molar-refractivity contribution in [3.63, 3.8) is 0 Å². The van der Waals surface area contributed by atoms with E-state index in [1.165, 1.54) is 14.2 Å². The zero-order valence-corrected chi connectivity index (χ0v) is 15.1. The number of oxime groups is 1. The van der Waals surface area contributed by atoms with Crippen LogP contribution >= 0.6 is 11.6 Å². The maximum Gasteiger partial charge on any atom is 0.421 e. The fraction of sp³-hybridized carbons (Fsp3) is 0.235. The fourth-order valence-corrected chi connectivity index (χ4v) is 2.33. The molecule has 0 spiro atoms. The van der Waals surface area contributed by atoms with Gasteiger partial charge in [-0.05, 0) is 17.7 Å². The minimum absolute atomic E-state index is 0.0469. The SMILES string of the molecule is CNC(=O)/C(=N\OC)c1ccccc1COc1nc(Cl)ccc1C(F)(F)F. The average Bonchev–Trinajstić information content (AvgIpc) is 2.63. The molecule has 1 aromatic carbocycles. The Labute approximate surface area is 157 Å². The number of hydrogen-bond donors (Lipinski definition) is 1. The topological polar surface area (TPSA) is 72.8 Å². The molecule has 6 nitrogen and oxygen atoms in total. The van der Waals surface area contributed by atoms with Gasteiger partial charge in [0.05, 0.1) is 0 Å². The summed E-state index contributed by atoms with van der Waals surface area (Å²) in [5, 5.41) is 5.96. The second-order valence-corrected chi connectivity index (χ2v) is 5.52. The Morgan fingerprint density at radius 1 is 1.26 bits per heavy atom. The largest absolute Gasteiger partial charge is 0.472 e. The van der Waals surface area contributed by atoms with Gasteiger partial charge in [0.15, 0.2) is 5.71 Å². The molecule has 1 aromatic heterocycles. The summed E-state index contributed by atoms with van der Waals surface area (Å²) in [6.07, 6.45) is -4.66. The summed E-state index contributed by atoms with van der Waals surface area (Å²) in [7, 11) is 2.69. The second kappa shape index (κ2) is 8.72. The summed E-state index contributed by atoms with van der Waals surface area (Å²) in [6.45, 7) is -0.299. The summed E-state index contributed by atoms with van der Waals surface area (Å²) in [6, 6.07) is 8.26. The van der Waals surface area contributed by atoms with Crippen LogP contribution in [0.15, 0.2) is 41.6 Å². The molecule has 2 aromatic rings. The van der Waals surface area contributed by atoms with Gasteiger partial charge in [-0.3, -0.25) is 4.79 Å². The van der Waals surface area contributed by atoms with Crippen LogP contribution in [0, 0.1) is 0 Å². The van der Waals surface area contributed by atoms with Gasteiger partial charge in [-0.15, -0.1) is 0 Å². The number of nitrogens with zero attached hydrogens (tertiary/aromatic N) is 2. The molecule has 0 fully saturated rings. The number of halogens is 4. The number of alkyl halides is 3. The van der Waals surface area contributed by atoms with Gasteiger partial charge in [0.25, 0.3) is 5.91 Å². The van der Waals surface area contributed by atoms with Gasteiger partial charge >= 0.3 is 6.18 Å². The van der Waals surface area contributed by atoms with E-state index in [9.17, 15) is 18.0 Å². The molecule has 0 aliphatic heterocycles. The number of carbonyl (C=O) groups excluding carboxylic acids is 1. The monoisotopic (exact) mass is 401 g/mol. The average molecular weight is 402 g/mol. The molecule has 0 saturated carbocycles. The van der Waals surface area contributed by atoms with Gasteiger partial charge in [-0.2, -0.15) is 13.2 Å². The third kappa shape index (κ3) is 5.10. The highest BCUT2D eigenvalue weighted by Gasteiger charge is 2.35. The Morgan fingerprint density at radius 3 is 2.59 bits per heavy atom. The van der Waals surface area contributed by atoms with E-state index < -0.39 is 23.5 Å². The third-order valence-corrected chi connectivity index (χ3v) is 3.60. The first-order valence-corrected chi connectivity index (χ1v) is 7.93. The zero-order chi connectivity index (χ0) is 20.0. The van der Waals surface area contributed by atoms with Crippen LogP contribution in [-0.4, -0.2) is 30.8 Å². The number of aromatic nitrogens is 1. The van der Waals surface area contributed by atoms with E-state index in [1.54, 1.807) is 24.3 Å². The standard InChI is InChI=1S/C17H15ClF3N3O3/c1-22-15(25)14(24-26-2)11-6-4-3-5-10(11)9-27-16-12(17(19,20)21)7-8-13(18)23-16/h3-8H,9H2,1-2H3,(H,22,25)/b24-14-. The Balaban J connectivity index is 2.37. The van der Waals surface area contributed by atoms with Gasteiger partial charge in [0, 0.05) is 12.6 Å². The number of benzene rings is 1. The lowest BCUT2D eigenvalue weighted by Crippen LogP contribution is -2.29. The van der Waals surface area contributed by atoms with E-state index in [2.05, 4.69) is 20.3 Å². The molecule has 1 N–H and O–H groups in total. The smallest absolute Gasteiger partial charge is 0.421 e. The molecule has 0 saturated heterocycles. The van der Waals surface area contributed by atoms with Gasteiger partial charge in [0.1, 0.15) is 24.4 Å². The van der Waals surface area contributed by atoms with Gasteiger partial charge in [-0.1, -0.05) is 41.0 Å². The summed E-state index contributed by atoms with van der Waals surface area (Å²) in [5.74, 6) is -1.18. The first kappa shape index (κ1) is 20.5. The molecule has 144 valence electrons. The minimum atomic E-state index is -4.66. The Morgan fingerprint density at radius 2 is 1.96 bits per heavy atom. The quantitative estimate of drug-likeness (QED) is 0.457. The Hall–Kier alpha value is -2.81. The van der Waals surface area contributed by atoms with Crippen molar-refractivity contribution in [3.8, 4) is 5.88 Å². The summed E-state index contributed by atoms with van der Waals surface area (Å²) < 4.78 is 44.6. The van der Waals surface area contributed by atoms with Crippen molar-refractivity contribution >= 4 is 23.2 Å². The maximum absolute atomic E-state index is 13.1. The van der Waals surface area contributed by atoms with Crippen LogP contribution in [0.5, 0.6) is 5.88 Å². The highest BCUT2D eigenvalue weighted by atomic mass is 35.5. The lowest BCUT2D eigenvalue weighted by molar-refractivity contribution is -0.139. The molecule has 1 heterocycles.